The topological polar surface area (TPSA) is 44.4 Å². The van der Waals surface area contributed by atoms with Crippen LogP contribution >= 0.6 is 0 Å². The Morgan fingerprint density at radius 2 is 2.00 bits per heavy atom. The summed E-state index contributed by atoms with van der Waals surface area (Å²) in [6, 6.07) is 0.245. The first-order valence-electron chi connectivity index (χ1n) is 6.28. The van der Waals surface area contributed by atoms with Crippen LogP contribution in [0.2, 0.25) is 0 Å². The van der Waals surface area contributed by atoms with Crippen molar-refractivity contribution >= 4 is 5.91 Å². The predicted molar refractivity (Wildman–Crippen MR) is 66.4 cm³/mol. The van der Waals surface area contributed by atoms with Crippen LogP contribution in [-0.2, 0) is 4.79 Å². The van der Waals surface area contributed by atoms with Crippen molar-refractivity contribution in [3.05, 3.63) is 0 Å². The largest absolute Gasteiger partial charge is 0.353 e. The van der Waals surface area contributed by atoms with E-state index in [0.717, 1.165) is 25.6 Å². The molecule has 1 rings (SSSR count). The van der Waals surface area contributed by atoms with Gasteiger partial charge in [0.15, 0.2) is 0 Å². The van der Waals surface area contributed by atoms with E-state index in [-0.39, 0.29) is 11.9 Å². The average molecular weight is 227 g/mol. The number of rotatable bonds is 5. The third-order valence-corrected chi connectivity index (χ3v) is 3.02. The van der Waals surface area contributed by atoms with E-state index >= 15 is 0 Å². The third-order valence-electron chi connectivity index (χ3n) is 3.02. The lowest BCUT2D eigenvalue weighted by atomic mass is 9.97. The van der Waals surface area contributed by atoms with Gasteiger partial charge in [-0.15, -0.1) is 0 Å². The van der Waals surface area contributed by atoms with Gasteiger partial charge in [-0.1, -0.05) is 0 Å². The maximum Gasteiger partial charge on any atom is 0.234 e. The molecule has 1 aliphatic rings. The molecule has 0 unspecified atom stereocenters. The maximum atomic E-state index is 11.6. The third kappa shape index (κ3) is 4.94. The molecule has 4 nitrogen and oxygen atoms in total. The molecule has 1 fully saturated rings. The zero-order chi connectivity index (χ0) is 12.0. The number of likely N-dealkylation sites (tertiary alicyclic amines) is 1. The summed E-state index contributed by atoms with van der Waals surface area (Å²) in [6.07, 6.45) is 2.41. The maximum absolute atomic E-state index is 11.6. The van der Waals surface area contributed by atoms with Crippen molar-refractivity contribution in [1.82, 2.24) is 15.5 Å². The van der Waals surface area contributed by atoms with Gasteiger partial charge in [-0.25, -0.2) is 0 Å². The molecule has 1 aliphatic heterocycles. The minimum Gasteiger partial charge on any atom is -0.353 e. The second-order valence-electron chi connectivity index (χ2n) is 5.00. The number of nitrogens with one attached hydrogen (secondary N) is 2. The van der Waals surface area contributed by atoms with Crippen LogP contribution in [0.1, 0.15) is 26.7 Å². The summed E-state index contributed by atoms with van der Waals surface area (Å²) in [4.78, 5) is 13.8. The summed E-state index contributed by atoms with van der Waals surface area (Å²) in [7, 11) is 2.00. The molecule has 2 N–H and O–H groups in total. The minimum atomic E-state index is 0.155. The number of hydrogen-bond donors (Lipinski definition) is 2. The van der Waals surface area contributed by atoms with Crippen LogP contribution in [0.4, 0.5) is 0 Å². The summed E-state index contributed by atoms with van der Waals surface area (Å²) in [6.45, 7) is 7.76. The molecule has 94 valence electrons. The number of amides is 1. The molecule has 0 spiro atoms. The molecular weight excluding hydrogens is 202 g/mol. The van der Waals surface area contributed by atoms with E-state index < -0.39 is 0 Å². The zero-order valence-electron chi connectivity index (χ0n) is 10.8. The molecule has 0 aromatic carbocycles. The monoisotopic (exact) mass is 227 g/mol. The molecule has 0 bridgehead atoms. The highest BCUT2D eigenvalue weighted by Gasteiger charge is 2.20. The summed E-state index contributed by atoms with van der Waals surface area (Å²) in [5.74, 6) is 0.941. The van der Waals surface area contributed by atoms with Crippen molar-refractivity contribution in [2.75, 3.05) is 33.2 Å². The van der Waals surface area contributed by atoms with Gasteiger partial charge in [0.05, 0.1) is 6.54 Å². The Labute approximate surface area is 98.8 Å². The highest BCUT2D eigenvalue weighted by atomic mass is 16.2. The predicted octanol–water partition coefficient (Wildman–Crippen LogP) is 0.442. The van der Waals surface area contributed by atoms with Crippen molar-refractivity contribution in [3.8, 4) is 0 Å². The molecule has 1 amide bonds. The van der Waals surface area contributed by atoms with Gasteiger partial charge >= 0.3 is 0 Å². The van der Waals surface area contributed by atoms with Gasteiger partial charge in [0, 0.05) is 6.04 Å². The molecule has 0 radical (unpaired) electrons. The second kappa shape index (κ2) is 6.86. The van der Waals surface area contributed by atoms with Gasteiger partial charge < -0.3 is 10.6 Å². The molecule has 0 atom stereocenters. The van der Waals surface area contributed by atoms with Crippen molar-refractivity contribution in [2.45, 2.75) is 32.7 Å². The molecule has 0 aromatic heterocycles. The van der Waals surface area contributed by atoms with Crippen LogP contribution in [0.25, 0.3) is 0 Å². The summed E-state index contributed by atoms with van der Waals surface area (Å²) < 4.78 is 0. The first-order valence-corrected chi connectivity index (χ1v) is 6.28. The number of carbonyl (C=O) groups is 1. The molecular formula is C12H25N3O. The Morgan fingerprint density at radius 3 is 2.50 bits per heavy atom. The van der Waals surface area contributed by atoms with Crippen LogP contribution in [0.3, 0.4) is 0 Å². The highest BCUT2D eigenvalue weighted by Crippen LogP contribution is 2.15. The van der Waals surface area contributed by atoms with E-state index in [9.17, 15) is 4.79 Å². The Bertz CT molecular complexity index is 210. The zero-order valence-corrected chi connectivity index (χ0v) is 10.8. The van der Waals surface area contributed by atoms with Crippen LogP contribution in [0, 0.1) is 5.92 Å². The van der Waals surface area contributed by atoms with Crippen LogP contribution in [-0.4, -0.2) is 50.1 Å². The summed E-state index contributed by atoms with van der Waals surface area (Å²) >= 11 is 0. The first-order chi connectivity index (χ1) is 7.61. The number of carbonyl (C=O) groups excluding carboxylic acids is 1. The molecule has 1 saturated heterocycles. The second-order valence-corrected chi connectivity index (χ2v) is 5.00. The lowest BCUT2D eigenvalue weighted by molar-refractivity contribution is -0.123. The van der Waals surface area contributed by atoms with Gasteiger partial charge in [-0.3, -0.25) is 9.69 Å². The Hall–Kier alpha value is -0.610. The fourth-order valence-electron chi connectivity index (χ4n) is 2.21. The van der Waals surface area contributed by atoms with Crippen molar-refractivity contribution in [1.29, 1.82) is 0 Å². The van der Waals surface area contributed by atoms with Gasteiger partial charge in [-0.05, 0) is 59.3 Å². The van der Waals surface area contributed by atoms with E-state index in [1.165, 1.54) is 12.8 Å². The number of nitrogens with zero attached hydrogens (tertiary/aromatic N) is 1. The van der Waals surface area contributed by atoms with Gasteiger partial charge in [0.1, 0.15) is 0 Å². The first kappa shape index (κ1) is 13.5. The SMILES string of the molecule is CNCC1CCN(CC(=O)NC(C)C)CC1. The molecule has 1 heterocycles. The standard InChI is InChI=1S/C12H25N3O/c1-10(2)14-12(16)9-15-6-4-11(5-7-15)8-13-3/h10-11,13H,4-9H2,1-3H3,(H,14,16). The fraction of sp³-hybridized carbons (Fsp3) is 0.917. The molecule has 0 saturated carbocycles. The quantitative estimate of drug-likeness (QED) is 0.716. The molecule has 4 heteroatoms. The minimum absolute atomic E-state index is 0.155. The highest BCUT2D eigenvalue weighted by molar-refractivity contribution is 5.78. The van der Waals surface area contributed by atoms with Gasteiger partial charge in [0.2, 0.25) is 5.91 Å². The van der Waals surface area contributed by atoms with Crippen molar-refractivity contribution in [2.24, 2.45) is 5.92 Å². The van der Waals surface area contributed by atoms with Crippen LogP contribution in [0.5, 0.6) is 0 Å². The Kier molecular flexibility index (Phi) is 5.77. The van der Waals surface area contributed by atoms with Gasteiger partial charge in [0.25, 0.3) is 0 Å². The van der Waals surface area contributed by atoms with E-state index in [1.807, 2.05) is 20.9 Å². The van der Waals surface area contributed by atoms with Gasteiger partial charge in [-0.2, -0.15) is 0 Å². The average Bonchev–Trinajstić information content (AvgIpc) is 2.20. The molecule has 16 heavy (non-hydrogen) atoms. The number of piperidine rings is 1. The van der Waals surface area contributed by atoms with Crippen LogP contribution < -0.4 is 10.6 Å². The molecule has 0 aliphatic carbocycles. The molecule has 0 aromatic rings. The van der Waals surface area contributed by atoms with Crippen molar-refractivity contribution in [3.63, 3.8) is 0 Å². The van der Waals surface area contributed by atoms with E-state index in [0.29, 0.717) is 6.54 Å². The smallest absolute Gasteiger partial charge is 0.234 e. The van der Waals surface area contributed by atoms with Crippen molar-refractivity contribution < 1.29 is 4.79 Å². The van der Waals surface area contributed by atoms with E-state index in [4.69, 9.17) is 0 Å². The normalized spacial score (nSPS) is 19.0. The fourth-order valence-corrected chi connectivity index (χ4v) is 2.21. The summed E-state index contributed by atoms with van der Waals surface area (Å²) in [5.41, 5.74) is 0. The van der Waals surface area contributed by atoms with E-state index in [2.05, 4.69) is 15.5 Å². The lowest BCUT2D eigenvalue weighted by Gasteiger charge is -2.31. The van der Waals surface area contributed by atoms with E-state index in [1.54, 1.807) is 0 Å². The summed E-state index contributed by atoms with van der Waals surface area (Å²) in [5, 5.41) is 6.15. The van der Waals surface area contributed by atoms with Crippen LogP contribution in [0.15, 0.2) is 0 Å². The Balaban J connectivity index is 2.19. The lowest BCUT2D eigenvalue weighted by Crippen LogP contribution is -2.44. The Morgan fingerprint density at radius 1 is 1.38 bits per heavy atom. The number of hydrogen-bond acceptors (Lipinski definition) is 3.